The number of nitrogens with one attached hydrogen (secondary N) is 1. The molecule has 0 fully saturated rings. The van der Waals surface area contributed by atoms with Crippen molar-refractivity contribution >= 4 is 40.5 Å². The lowest BCUT2D eigenvalue weighted by molar-refractivity contribution is 0.475. The Hall–Kier alpha value is -1.09. The first-order valence-corrected chi connectivity index (χ1v) is 6.78. The Morgan fingerprint density at radius 3 is 2.32 bits per heavy atom. The average Bonchev–Trinajstić information content (AvgIpc) is 2.37. The number of anilines is 1. The first kappa shape index (κ1) is 14.3. The summed E-state index contributed by atoms with van der Waals surface area (Å²) < 4.78 is 0. The molecule has 0 bridgehead atoms. The van der Waals surface area contributed by atoms with E-state index in [9.17, 15) is 5.11 Å². The van der Waals surface area contributed by atoms with Gasteiger partial charge in [0.25, 0.3) is 0 Å². The van der Waals surface area contributed by atoms with Crippen LogP contribution in [-0.4, -0.2) is 5.11 Å². The third-order valence-corrected chi connectivity index (χ3v) is 3.81. The molecule has 2 aromatic carbocycles. The fraction of sp³-hybridized carbons (Fsp3) is 0.143. The summed E-state index contributed by atoms with van der Waals surface area (Å²) in [5.41, 5.74) is 2.82. The van der Waals surface area contributed by atoms with E-state index in [1.54, 1.807) is 12.1 Å². The third-order valence-electron chi connectivity index (χ3n) is 2.83. The second-order valence-corrected chi connectivity index (χ2v) is 5.40. The van der Waals surface area contributed by atoms with Gasteiger partial charge in [0.05, 0.1) is 10.0 Å². The van der Waals surface area contributed by atoms with Crippen LogP contribution in [0.1, 0.15) is 11.1 Å². The molecule has 2 rings (SSSR count). The van der Waals surface area contributed by atoms with Crippen molar-refractivity contribution in [1.82, 2.24) is 0 Å². The van der Waals surface area contributed by atoms with Crippen LogP contribution < -0.4 is 5.32 Å². The number of phenolic OH excluding ortho intramolecular Hbond substituents is 1. The van der Waals surface area contributed by atoms with E-state index in [0.29, 0.717) is 11.6 Å². The Balaban J connectivity index is 2.17. The monoisotopic (exact) mass is 315 g/mol. The van der Waals surface area contributed by atoms with Crippen molar-refractivity contribution in [2.24, 2.45) is 0 Å². The van der Waals surface area contributed by atoms with Crippen LogP contribution >= 0.6 is 34.8 Å². The molecule has 2 nitrogen and oxygen atoms in total. The predicted molar refractivity (Wildman–Crippen MR) is 81.6 cm³/mol. The molecule has 19 heavy (non-hydrogen) atoms. The number of hydrogen-bond acceptors (Lipinski definition) is 2. The zero-order chi connectivity index (χ0) is 14.0. The SMILES string of the molecule is Cc1c(Cl)cccc1NCc1cc(Cl)c(O)c(Cl)c1. The number of benzene rings is 2. The van der Waals surface area contributed by atoms with Crippen LogP contribution in [0.15, 0.2) is 30.3 Å². The standard InChI is InChI=1S/C14H12Cl3NO/c1-8-10(15)3-2-4-13(8)18-7-9-5-11(16)14(19)12(17)6-9/h2-6,18-19H,7H2,1H3. The lowest BCUT2D eigenvalue weighted by Gasteiger charge is -2.11. The van der Waals surface area contributed by atoms with E-state index >= 15 is 0 Å². The summed E-state index contributed by atoms with van der Waals surface area (Å²) in [4.78, 5) is 0. The van der Waals surface area contributed by atoms with Crippen molar-refractivity contribution < 1.29 is 5.11 Å². The van der Waals surface area contributed by atoms with Crippen molar-refractivity contribution in [3.05, 3.63) is 56.5 Å². The van der Waals surface area contributed by atoms with Crippen LogP contribution in [0.4, 0.5) is 5.69 Å². The molecular weight excluding hydrogens is 305 g/mol. The molecule has 0 aromatic heterocycles. The first-order chi connectivity index (χ1) is 8.99. The maximum atomic E-state index is 9.49. The summed E-state index contributed by atoms with van der Waals surface area (Å²) >= 11 is 17.8. The summed E-state index contributed by atoms with van der Waals surface area (Å²) in [6.45, 7) is 2.49. The topological polar surface area (TPSA) is 32.3 Å². The zero-order valence-electron chi connectivity index (χ0n) is 10.2. The van der Waals surface area contributed by atoms with Gasteiger partial charge in [-0.1, -0.05) is 40.9 Å². The summed E-state index contributed by atoms with van der Waals surface area (Å²) in [6.07, 6.45) is 0. The second-order valence-electron chi connectivity index (χ2n) is 4.17. The lowest BCUT2D eigenvalue weighted by atomic mass is 10.1. The minimum absolute atomic E-state index is 0.0916. The van der Waals surface area contributed by atoms with Crippen LogP contribution in [0.25, 0.3) is 0 Å². The van der Waals surface area contributed by atoms with Crippen molar-refractivity contribution in [2.75, 3.05) is 5.32 Å². The molecule has 0 saturated heterocycles. The maximum absolute atomic E-state index is 9.49. The minimum atomic E-state index is -0.0916. The highest BCUT2D eigenvalue weighted by molar-refractivity contribution is 6.37. The van der Waals surface area contributed by atoms with Gasteiger partial charge >= 0.3 is 0 Å². The Labute approximate surface area is 126 Å². The van der Waals surface area contributed by atoms with E-state index in [1.807, 2.05) is 25.1 Å². The second kappa shape index (κ2) is 5.91. The maximum Gasteiger partial charge on any atom is 0.152 e. The highest BCUT2D eigenvalue weighted by Crippen LogP contribution is 2.33. The zero-order valence-corrected chi connectivity index (χ0v) is 12.4. The van der Waals surface area contributed by atoms with Crippen LogP contribution in [0.3, 0.4) is 0 Å². The van der Waals surface area contributed by atoms with E-state index in [0.717, 1.165) is 16.8 Å². The van der Waals surface area contributed by atoms with Crippen molar-refractivity contribution in [3.8, 4) is 5.75 Å². The number of aromatic hydroxyl groups is 1. The van der Waals surface area contributed by atoms with Crippen LogP contribution in [0, 0.1) is 6.92 Å². The molecular formula is C14H12Cl3NO. The average molecular weight is 317 g/mol. The van der Waals surface area contributed by atoms with Gasteiger partial charge in [-0.2, -0.15) is 0 Å². The van der Waals surface area contributed by atoms with Crippen LogP contribution in [0.5, 0.6) is 5.75 Å². The van der Waals surface area contributed by atoms with Crippen molar-refractivity contribution in [1.29, 1.82) is 0 Å². The number of hydrogen-bond donors (Lipinski definition) is 2. The Kier molecular flexibility index (Phi) is 4.46. The summed E-state index contributed by atoms with van der Waals surface area (Å²) in [5.74, 6) is -0.0916. The van der Waals surface area contributed by atoms with Gasteiger partial charge in [-0.05, 0) is 42.3 Å². The summed E-state index contributed by atoms with van der Waals surface area (Å²) in [7, 11) is 0. The van der Waals surface area contributed by atoms with E-state index in [4.69, 9.17) is 34.8 Å². The van der Waals surface area contributed by atoms with Crippen molar-refractivity contribution in [3.63, 3.8) is 0 Å². The van der Waals surface area contributed by atoms with Gasteiger partial charge in [-0.25, -0.2) is 0 Å². The molecule has 5 heteroatoms. The van der Waals surface area contributed by atoms with Gasteiger partial charge in [0.15, 0.2) is 5.75 Å². The molecule has 0 unspecified atom stereocenters. The van der Waals surface area contributed by atoms with E-state index in [2.05, 4.69) is 5.32 Å². The molecule has 0 saturated carbocycles. The number of rotatable bonds is 3. The largest absolute Gasteiger partial charge is 0.505 e. The molecule has 2 aromatic rings. The van der Waals surface area contributed by atoms with Gasteiger partial charge in [0, 0.05) is 17.3 Å². The van der Waals surface area contributed by atoms with Gasteiger partial charge in [-0.15, -0.1) is 0 Å². The fourth-order valence-corrected chi connectivity index (χ4v) is 2.42. The van der Waals surface area contributed by atoms with Gasteiger partial charge in [0.1, 0.15) is 0 Å². The Morgan fingerprint density at radius 2 is 1.68 bits per heavy atom. The van der Waals surface area contributed by atoms with Crippen molar-refractivity contribution in [2.45, 2.75) is 13.5 Å². The van der Waals surface area contributed by atoms with Gasteiger partial charge in [0.2, 0.25) is 0 Å². The number of phenols is 1. The molecule has 0 atom stereocenters. The smallest absolute Gasteiger partial charge is 0.152 e. The molecule has 2 N–H and O–H groups in total. The lowest BCUT2D eigenvalue weighted by Crippen LogP contribution is -2.01. The number of halogens is 3. The Bertz CT molecular complexity index is 591. The van der Waals surface area contributed by atoms with E-state index in [1.165, 1.54) is 0 Å². The fourth-order valence-electron chi connectivity index (χ4n) is 1.72. The molecule has 0 aliphatic heterocycles. The molecule has 0 aliphatic rings. The molecule has 0 heterocycles. The molecule has 0 radical (unpaired) electrons. The van der Waals surface area contributed by atoms with Gasteiger partial charge in [-0.3, -0.25) is 0 Å². The van der Waals surface area contributed by atoms with Crippen LogP contribution in [0.2, 0.25) is 15.1 Å². The first-order valence-electron chi connectivity index (χ1n) is 5.65. The minimum Gasteiger partial charge on any atom is -0.505 e. The normalized spacial score (nSPS) is 10.5. The molecule has 0 amide bonds. The molecule has 0 spiro atoms. The van der Waals surface area contributed by atoms with Gasteiger partial charge < -0.3 is 10.4 Å². The Morgan fingerprint density at radius 1 is 1.05 bits per heavy atom. The highest BCUT2D eigenvalue weighted by atomic mass is 35.5. The third kappa shape index (κ3) is 3.27. The quantitative estimate of drug-likeness (QED) is 0.808. The molecule has 0 aliphatic carbocycles. The predicted octanol–water partition coefficient (Wildman–Crippen LogP) is 5.27. The van der Waals surface area contributed by atoms with Crippen LogP contribution in [-0.2, 0) is 6.54 Å². The summed E-state index contributed by atoms with van der Waals surface area (Å²) in [6, 6.07) is 9.03. The highest BCUT2D eigenvalue weighted by Gasteiger charge is 2.07. The van der Waals surface area contributed by atoms with E-state index in [-0.39, 0.29) is 15.8 Å². The molecule has 100 valence electrons. The van der Waals surface area contributed by atoms with E-state index < -0.39 is 0 Å². The summed E-state index contributed by atoms with van der Waals surface area (Å²) in [5, 5.41) is 14.0.